The standard InChI is InChI=1S/C23H24ClN5O8S2/c1-10-15(8-35-11(2)30)37-23(39-16-5-13(24)6-25-18(16)22(33)34-4)20(36-12(3)31)19(10)29-7-14(27-28-29)21-26-17(32)9-38-21/h5-7,9-10,15,19-20,23,32H,8H2,1-4H3/t10-,15?,19?,20-,23+/m0/s1. The highest BCUT2D eigenvalue weighted by Crippen LogP contribution is 2.44. The van der Waals surface area contributed by atoms with Gasteiger partial charge in [-0.15, -0.1) is 16.4 Å². The van der Waals surface area contributed by atoms with E-state index in [2.05, 4.69) is 20.3 Å². The number of thioether (sulfide) groups is 1. The topological polar surface area (TPSA) is 165 Å². The van der Waals surface area contributed by atoms with Gasteiger partial charge in [0, 0.05) is 30.9 Å². The van der Waals surface area contributed by atoms with Gasteiger partial charge >= 0.3 is 17.9 Å². The fourth-order valence-corrected chi connectivity index (χ4v) is 6.13. The van der Waals surface area contributed by atoms with E-state index in [0.717, 1.165) is 11.8 Å². The number of hydrogen-bond donors (Lipinski definition) is 1. The van der Waals surface area contributed by atoms with Gasteiger partial charge in [-0.3, -0.25) is 9.59 Å². The predicted octanol–water partition coefficient (Wildman–Crippen LogP) is 3.13. The lowest BCUT2D eigenvalue weighted by molar-refractivity contribution is -0.185. The first-order valence-electron chi connectivity index (χ1n) is 11.5. The molecule has 208 valence electrons. The first kappa shape index (κ1) is 28.7. The molecule has 1 aliphatic rings. The number of pyridine rings is 1. The van der Waals surface area contributed by atoms with Crippen LogP contribution in [-0.4, -0.2) is 79.3 Å². The average Bonchev–Trinajstić information content (AvgIpc) is 3.53. The Kier molecular flexibility index (Phi) is 9.04. The van der Waals surface area contributed by atoms with E-state index >= 15 is 0 Å². The van der Waals surface area contributed by atoms with E-state index in [-0.39, 0.29) is 23.2 Å². The second-order valence-electron chi connectivity index (χ2n) is 8.47. The van der Waals surface area contributed by atoms with E-state index in [0.29, 0.717) is 15.6 Å². The third kappa shape index (κ3) is 6.66. The fourth-order valence-electron chi connectivity index (χ4n) is 4.04. The maximum absolute atomic E-state index is 12.4. The third-order valence-electron chi connectivity index (χ3n) is 5.76. The summed E-state index contributed by atoms with van der Waals surface area (Å²) in [5.41, 5.74) is -0.528. The van der Waals surface area contributed by atoms with Crippen LogP contribution in [0.15, 0.2) is 28.7 Å². The maximum Gasteiger partial charge on any atom is 0.357 e. The fraction of sp³-hybridized carbons (Fsp3) is 0.435. The number of rotatable bonds is 8. The molecule has 39 heavy (non-hydrogen) atoms. The lowest BCUT2D eigenvalue weighted by Gasteiger charge is -2.44. The van der Waals surface area contributed by atoms with Crippen molar-refractivity contribution in [3.05, 3.63) is 34.6 Å². The van der Waals surface area contributed by atoms with Crippen LogP contribution < -0.4 is 0 Å². The summed E-state index contributed by atoms with van der Waals surface area (Å²) in [6.07, 6.45) is 1.32. The van der Waals surface area contributed by atoms with Gasteiger partial charge in [0.1, 0.15) is 22.7 Å². The Morgan fingerprint density at radius 3 is 2.69 bits per heavy atom. The van der Waals surface area contributed by atoms with Crippen molar-refractivity contribution in [1.29, 1.82) is 0 Å². The predicted molar refractivity (Wildman–Crippen MR) is 138 cm³/mol. The molecule has 0 saturated carbocycles. The molecule has 0 aliphatic carbocycles. The highest BCUT2D eigenvalue weighted by molar-refractivity contribution is 8.00. The van der Waals surface area contributed by atoms with Crippen molar-refractivity contribution in [2.45, 2.75) is 49.4 Å². The minimum atomic E-state index is -0.945. The van der Waals surface area contributed by atoms with Crippen LogP contribution in [0.5, 0.6) is 5.88 Å². The summed E-state index contributed by atoms with van der Waals surface area (Å²) in [4.78, 5) is 44.7. The van der Waals surface area contributed by atoms with Gasteiger partial charge in [-0.2, -0.15) is 0 Å². The molecule has 1 fully saturated rings. The molecule has 1 aliphatic heterocycles. The van der Waals surface area contributed by atoms with Crippen molar-refractivity contribution < 1.29 is 38.4 Å². The summed E-state index contributed by atoms with van der Waals surface area (Å²) in [6.45, 7) is 4.30. The molecule has 5 atom stereocenters. The third-order valence-corrected chi connectivity index (χ3v) is 8.00. The van der Waals surface area contributed by atoms with Gasteiger partial charge in [-0.05, 0) is 6.07 Å². The summed E-state index contributed by atoms with van der Waals surface area (Å²) in [7, 11) is 1.23. The molecule has 1 saturated heterocycles. The normalized spacial score (nSPS) is 22.7. The Bertz CT molecular complexity index is 1370. The van der Waals surface area contributed by atoms with Gasteiger partial charge < -0.3 is 24.1 Å². The number of carbonyl (C=O) groups is 3. The van der Waals surface area contributed by atoms with Crippen molar-refractivity contribution in [2.75, 3.05) is 13.7 Å². The van der Waals surface area contributed by atoms with Crippen LogP contribution >= 0.6 is 34.7 Å². The lowest BCUT2D eigenvalue weighted by atomic mass is 9.89. The molecule has 13 nitrogen and oxygen atoms in total. The molecular weight excluding hydrogens is 574 g/mol. The largest absolute Gasteiger partial charge is 0.493 e. The van der Waals surface area contributed by atoms with Gasteiger partial charge in [0.25, 0.3) is 0 Å². The van der Waals surface area contributed by atoms with Crippen LogP contribution in [0.3, 0.4) is 0 Å². The van der Waals surface area contributed by atoms with Crippen LogP contribution in [0.4, 0.5) is 0 Å². The number of carbonyl (C=O) groups excluding carboxylic acids is 3. The first-order chi connectivity index (χ1) is 18.6. The van der Waals surface area contributed by atoms with E-state index in [1.807, 2.05) is 6.92 Å². The van der Waals surface area contributed by atoms with Crippen molar-refractivity contribution in [2.24, 2.45) is 5.92 Å². The van der Waals surface area contributed by atoms with Crippen LogP contribution in [0.1, 0.15) is 37.3 Å². The Balaban J connectivity index is 1.76. The molecule has 3 aromatic heterocycles. The van der Waals surface area contributed by atoms with Crippen LogP contribution in [-0.2, 0) is 28.5 Å². The Labute approximate surface area is 235 Å². The number of methoxy groups -OCH3 is 1. The summed E-state index contributed by atoms with van der Waals surface area (Å²) in [5, 5.41) is 20.3. The molecule has 4 heterocycles. The molecule has 3 aromatic rings. The molecule has 0 bridgehead atoms. The van der Waals surface area contributed by atoms with Gasteiger partial charge in [0.2, 0.25) is 5.88 Å². The number of aromatic hydroxyl groups is 1. The summed E-state index contributed by atoms with van der Waals surface area (Å²) < 4.78 is 23.7. The minimum absolute atomic E-state index is 0.00426. The van der Waals surface area contributed by atoms with Crippen LogP contribution in [0, 0.1) is 5.92 Å². The van der Waals surface area contributed by atoms with Crippen molar-refractivity contribution in [3.8, 4) is 16.6 Å². The van der Waals surface area contributed by atoms with Crippen LogP contribution in [0.2, 0.25) is 5.02 Å². The van der Waals surface area contributed by atoms with Gasteiger partial charge in [-0.1, -0.05) is 35.5 Å². The van der Waals surface area contributed by atoms with E-state index in [1.165, 1.54) is 54.6 Å². The zero-order valence-corrected chi connectivity index (χ0v) is 23.5. The second kappa shape index (κ2) is 12.3. The molecule has 1 N–H and O–H groups in total. The van der Waals surface area contributed by atoms with Crippen molar-refractivity contribution in [1.82, 2.24) is 25.0 Å². The SMILES string of the molecule is COC(=O)c1ncc(Cl)cc1S[C@H]1OC(COC(C)=O)[C@H](C)C(n2cc(-c3nc(O)cs3)nn2)[C@@H]1OC(C)=O. The Morgan fingerprint density at radius 2 is 2.05 bits per heavy atom. The highest BCUT2D eigenvalue weighted by atomic mass is 35.5. The molecular formula is C23H24ClN5O8S2. The van der Waals surface area contributed by atoms with Crippen LogP contribution in [0.25, 0.3) is 10.7 Å². The zero-order chi connectivity index (χ0) is 28.3. The molecule has 16 heteroatoms. The van der Waals surface area contributed by atoms with E-state index < -0.39 is 47.5 Å². The number of ether oxygens (including phenoxy) is 4. The first-order valence-corrected chi connectivity index (χ1v) is 13.6. The van der Waals surface area contributed by atoms with E-state index in [4.69, 9.17) is 30.5 Å². The monoisotopic (exact) mass is 597 g/mol. The summed E-state index contributed by atoms with van der Waals surface area (Å²) in [5.74, 6) is -2.30. The quantitative estimate of drug-likeness (QED) is 0.297. The number of halogens is 1. The molecule has 0 spiro atoms. The number of thiazole rings is 1. The average molecular weight is 598 g/mol. The van der Waals surface area contributed by atoms with E-state index in [1.54, 1.807) is 6.20 Å². The number of nitrogens with zero attached hydrogens (tertiary/aromatic N) is 5. The molecule has 0 radical (unpaired) electrons. The van der Waals surface area contributed by atoms with Crippen molar-refractivity contribution in [3.63, 3.8) is 0 Å². The summed E-state index contributed by atoms with van der Waals surface area (Å²) in [6, 6.07) is 0.875. The van der Waals surface area contributed by atoms with E-state index in [9.17, 15) is 19.5 Å². The summed E-state index contributed by atoms with van der Waals surface area (Å²) >= 11 is 8.41. The van der Waals surface area contributed by atoms with Crippen molar-refractivity contribution >= 4 is 52.6 Å². The molecule has 0 amide bonds. The van der Waals surface area contributed by atoms with Gasteiger partial charge in [0.15, 0.2) is 11.8 Å². The molecule has 2 unspecified atom stereocenters. The molecule has 0 aromatic carbocycles. The smallest absolute Gasteiger partial charge is 0.357 e. The van der Waals surface area contributed by atoms with Gasteiger partial charge in [-0.25, -0.2) is 19.4 Å². The van der Waals surface area contributed by atoms with Gasteiger partial charge in [0.05, 0.1) is 35.9 Å². The maximum atomic E-state index is 12.4. The minimum Gasteiger partial charge on any atom is -0.493 e. The number of esters is 3. The lowest BCUT2D eigenvalue weighted by Crippen LogP contribution is -2.53. The highest BCUT2D eigenvalue weighted by Gasteiger charge is 2.48. The number of aromatic nitrogens is 5. The number of hydrogen-bond acceptors (Lipinski definition) is 14. The Hall–Kier alpha value is -3.27. The zero-order valence-electron chi connectivity index (χ0n) is 21.1. The second-order valence-corrected chi connectivity index (χ2v) is 10.9. The molecule has 4 rings (SSSR count). The Morgan fingerprint density at radius 1 is 1.28 bits per heavy atom.